The molecule has 8 heteroatoms. The summed E-state index contributed by atoms with van der Waals surface area (Å²) >= 11 is 0. The molecule has 0 radical (unpaired) electrons. The van der Waals surface area contributed by atoms with Gasteiger partial charge in [-0.3, -0.25) is 14.4 Å². The highest BCUT2D eigenvalue weighted by Gasteiger charge is 2.32. The Kier molecular flexibility index (Phi) is 5.41. The SMILES string of the molecule is CCn1nc(C)c(NC(=O)CN2CCC[C@H]2c2nc(C(C)C)no2)c1C. The normalized spacial score (nSPS) is 18.0. The number of hydrogen-bond acceptors (Lipinski definition) is 6. The summed E-state index contributed by atoms with van der Waals surface area (Å²) in [7, 11) is 0. The summed E-state index contributed by atoms with van der Waals surface area (Å²) in [6.45, 7) is 11.9. The summed E-state index contributed by atoms with van der Waals surface area (Å²) < 4.78 is 7.35. The van der Waals surface area contributed by atoms with Crippen LogP contribution in [0.25, 0.3) is 0 Å². The highest BCUT2D eigenvalue weighted by Crippen LogP contribution is 2.31. The molecule has 1 amide bonds. The molecule has 26 heavy (non-hydrogen) atoms. The standard InChI is InChI=1S/C18H28N6O2/c1-6-24-13(5)16(12(4)21-24)19-15(25)10-23-9-7-8-14(23)18-20-17(11(2)3)22-26-18/h11,14H,6-10H2,1-5H3,(H,19,25)/t14-/m0/s1. The minimum atomic E-state index is -0.0395. The van der Waals surface area contributed by atoms with Crippen LogP contribution in [-0.4, -0.2) is 43.8 Å². The van der Waals surface area contributed by atoms with Crippen molar-refractivity contribution in [1.29, 1.82) is 0 Å². The van der Waals surface area contributed by atoms with E-state index < -0.39 is 0 Å². The predicted octanol–water partition coefficient (Wildman–Crippen LogP) is 2.80. The number of hydrogen-bond donors (Lipinski definition) is 1. The number of aromatic nitrogens is 4. The molecule has 0 saturated carbocycles. The predicted molar refractivity (Wildman–Crippen MR) is 97.9 cm³/mol. The van der Waals surface area contributed by atoms with Crippen molar-refractivity contribution in [2.75, 3.05) is 18.4 Å². The third-order valence-corrected chi connectivity index (χ3v) is 4.91. The summed E-state index contributed by atoms with van der Waals surface area (Å²) in [6.07, 6.45) is 1.95. The van der Waals surface area contributed by atoms with E-state index in [4.69, 9.17) is 4.52 Å². The van der Waals surface area contributed by atoms with Gasteiger partial charge in [0, 0.05) is 12.5 Å². The van der Waals surface area contributed by atoms with Gasteiger partial charge in [-0.1, -0.05) is 19.0 Å². The average Bonchev–Trinajstić information content (AvgIpc) is 3.30. The van der Waals surface area contributed by atoms with Gasteiger partial charge in [-0.05, 0) is 40.2 Å². The zero-order valence-corrected chi connectivity index (χ0v) is 16.2. The maximum absolute atomic E-state index is 12.6. The van der Waals surface area contributed by atoms with Crippen molar-refractivity contribution < 1.29 is 9.32 Å². The van der Waals surface area contributed by atoms with Crippen molar-refractivity contribution in [3.8, 4) is 0 Å². The Morgan fingerprint density at radius 3 is 2.77 bits per heavy atom. The molecular weight excluding hydrogens is 332 g/mol. The first-order valence-electron chi connectivity index (χ1n) is 9.32. The van der Waals surface area contributed by atoms with Gasteiger partial charge in [0.15, 0.2) is 5.82 Å². The lowest BCUT2D eigenvalue weighted by Gasteiger charge is -2.20. The minimum absolute atomic E-state index is 0.0151. The highest BCUT2D eigenvalue weighted by atomic mass is 16.5. The minimum Gasteiger partial charge on any atom is -0.338 e. The topological polar surface area (TPSA) is 89.1 Å². The van der Waals surface area contributed by atoms with Gasteiger partial charge in [-0.25, -0.2) is 0 Å². The second kappa shape index (κ2) is 7.57. The quantitative estimate of drug-likeness (QED) is 0.852. The Hall–Kier alpha value is -2.22. The van der Waals surface area contributed by atoms with E-state index in [1.807, 2.05) is 39.3 Å². The molecule has 1 atom stereocenters. The molecule has 0 aliphatic carbocycles. The van der Waals surface area contributed by atoms with Crippen LogP contribution < -0.4 is 5.32 Å². The second-order valence-corrected chi connectivity index (χ2v) is 7.18. The van der Waals surface area contributed by atoms with Gasteiger partial charge in [0.1, 0.15) is 0 Å². The molecule has 2 aromatic heterocycles. The molecule has 1 aliphatic heterocycles. The Morgan fingerprint density at radius 2 is 2.15 bits per heavy atom. The average molecular weight is 360 g/mol. The molecular formula is C18H28N6O2. The molecule has 0 aromatic carbocycles. The molecule has 1 N–H and O–H groups in total. The number of aryl methyl sites for hydroxylation is 2. The first-order chi connectivity index (χ1) is 12.4. The summed E-state index contributed by atoms with van der Waals surface area (Å²) in [6, 6.07) is 0.0151. The molecule has 0 spiro atoms. The van der Waals surface area contributed by atoms with Crippen LogP contribution in [0.15, 0.2) is 4.52 Å². The number of anilines is 1. The number of carbonyl (C=O) groups is 1. The van der Waals surface area contributed by atoms with Crippen LogP contribution in [0.5, 0.6) is 0 Å². The first-order valence-corrected chi connectivity index (χ1v) is 9.32. The summed E-state index contributed by atoms with van der Waals surface area (Å²) in [5.74, 6) is 1.52. The lowest BCUT2D eigenvalue weighted by Crippen LogP contribution is -2.33. The Morgan fingerprint density at radius 1 is 1.38 bits per heavy atom. The fourth-order valence-corrected chi connectivity index (χ4v) is 3.46. The van der Waals surface area contributed by atoms with Crippen molar-refractivity contribution in [2.45, 2.75) is 66.0 Å². The summed E-state index contributed by atoms with van der Waals surface area (Å²) in [5.41, 5.74) is 2.64. The maximum Gasteiger partial charge on any atom is 0.244 e. The summed E-state index contributed by atoms with van der Waals surface area (Å²) in [5, 5.41) is 11.5. The van der Waals surface area contributed by atoms with Crippen LogP contribution in [0.3, 0.4) is 0 Å². The largest absolute Gasteiger partial charge is 0.338 e. The van der Waals surface area contributed by atoms with Gasteiger partial charge in [-0.2, -0.15) is 10.1 Å². The number of rotatable bonds is 6. The van der Waals surface area contributed by atoms with Crippen molar-refractivity contribution in [3.63, 3.8) is 0 Å². The lowest BCUT2D eigenvalue weighted by atomic mass is 10.2. The molecule has 0 bridgehead atoms. The number of amides is 1. The number of nitrogens with one attached hydrogen (secondary N) is 1. The van der Waals surface area contributed by atoms with Gasteiger partial charge in [0.05, 0.1) is 29.7 Å². The van der Waals surface area contributed by atoms with Gasteiger partial charge >= 0.3 is 0 Å². The maximum atomic E-state index is 12.6. The van der Waals surface area contributed by atoms with E-state index in [2.05, 4.69) is 25.5 Å². The summed E-state index contributed by atoms with van der Waals surface area (Å²) in [4.78, 5) is 19.2. The Bertz CT molecular complexity index is 779. The van der Waals surface area contributed by atoms with Gasteiger partial charge in [0.2, 0.25) is 11.8 Å². The van der Waals surface area contributed by atoms with E-state index in [1.165, 1.54) is 0 Å². The molecule has 1 aliphatic rings. The number of likely N-dealkylation sites (tertiary alicyclic amines) is 1. The molecule has 3 heterocycles. The van der Waals surface area contributed by atoms with Crippen LogP contribution >= 0.6 is 0 Å². The van der Waals surface area contributed by atoms with Gasteiger partial charge < -0.3 is 9.84 Å². The van der Waals surface area contributed by atoms with Gasteiger partial charge in [-0.15, -0.1) is 0 Å². The van der Waals surface area contributed by atoms with E-state index in [0.29, 0.717) is 12.4 Å². The number of carbonyl (C=O) groups excluding carboxylic acids is 1. The Labute approximate surface area is 153 Å². The van der Waals surface area contributed by atoms with E-state index in [9.17, 15) is 4.79 Å². The zero-order chi connectivity index (χ0) is 18.8. The molecule has 2 aromatic rings. The van der Waals surface area contributed by atoms with Gasteiger partial charge in [0.25, 0.3) is 0 Å². The van der Waals surface area contributed by atoms with E-state index >= 15 is 0 Å². The molecule has 8 nitrogen and oxygen atoms in total. The smallest absolute Gasteiger partial charge is 0.244 e. The van der Waals surface area contributed by atoms with Crippen molar-refractivity contribution in [1.82, 2.24) is 24.8 Å². The molecule has 1 fully saturated rings. The second-order valence-electron chi connectivity index (χ2n) is 7.18. The van der Waals surface area contributed by atoms with Crippen molar-refractivity contribution in [2.24, 2.45) is 0 Å². The monoisotopic (exact) mass is 360 g/mol. The zero-order valence-electron chi connectivity index (χ0n) is 16.2. The van der Waals surface area contributed by atoms with Crippen molar-refractivity contribution >= 4 is 11.6 Å². The fourth-order valence-electron chi connectivity index (χ4n) is 3.46. The third-order valence-electron chi connectivity index (χ3n) is 4.91. The first kappa shape index (κ1) is 18.6. The van der Waals surface area contributed by atoms with Crippen LogP contribution in [0.4, 0.5) is 5.69 Å². The highest BCUT2D eigenvalue weighted by molar-refractivity contribution is 5.93. The van der Waals surface area contributed by atoms with Crippen molar-refractivity contribution in [3.05, 3.63) is 23.1 Å². The van der Waals surface area contributed by atoms with E-state index in [0.717, 1.165) is 48.8 Å². The Balaban J connectivity index is 1.67. The van der Waals surface area contributed by atoms with E-state index in [1.54, 1.807) is 0 Å². The molecule has 142 valence electrons. The number of nitrogens with zero attached hydrogens (tertiary/aromatic N) is 5. The van der Waals surface area contributed by atoms with Crippen LogP contribution in [0.2, 0.25) is 0 Å². The lowest BCUT2D eigenvalue weighted by molar-refractivity contribution is -0.117. The van der Waals surface area contributed by atoms with E-state index in [-0.39, 0.29) is 17.9 Å². The molecule has 1 saturated heterocycles. The van der Waals surface area contributed by atoms with Crippen LogP contribution in [0, 0.1) is 13.8 Å². The van der Waals surface area contributed by atoms with Crippen LogP contribution in [0.1, 0.15) is 68.7 Å². The third kappa shape index (κ3) is 3.65. The molecule has 3 rings (SSSR count). The fraction of sp³-hybridized carbons (Fsp3) is 0.667. The van der Waals surface area contributed by atoms with Crippen LogP contribution in [-0.2, 0) is 11.3 Å². The molecule has 0 unspecified atom stereocenters.